The van der Waals surface area contributed by atoms with E-state index in [1.807, 2.05) is 0 Å². The van der Waals surface area contributed by atoms with E-state index >= 15 is 0 Å². The van der Waals surface area contributed by atoms with Crippen LogP contribution >= 0.6 is 0 Å². The second-order valence-electron chi connectivity index (χ2n) is 1.76. The van der Waals surface area contributed by atoms with Gasteiger partial charge in [-0.2, -0.15) is 0 Å². The van der Waals surface area contributed by atoms with Gasteiger partial charge in [0.05, 0.1) is 0 Å². The van der Waals surface area contributed by atoms with E-state index < -0.39 is 6.29 Å². The van der Waals surface area contributed by atoms with Crippen LogP contribution in [0, 0.1) is 6.92 Å². The van der Waals surface area contributed by atoms with Gasteiger partial charge in [0.25, 0.3) is 0 Å². The molecule has 1 unspecified atom stereocenters. The molecule has 3 heteroatoms. The zero-order chi connectivity index (χ0) is 7.11. The van der Waals surface area contributed by atoms with Gasteiger partial charge < -0.3 is 15.6 Å². The van der Waals surface area contributed by atoms with E-state index in [1.54, 1.807) is 0 Å². The van der Waals surface area contributed by atoms with Gasteiger partial charge in [-0.15, -0.1) is 0 Å². The maximum Gasteiger partial charge on any atom is 0.155 e. The molecule has 0 bridgehead atoms. The Kier molecular flexibility index (Phi) is 5.93. The molecule has 0 aliphatic heterocycles. The summed E-state index contributed by atoms with van der Waals surface area (Å²) < 4.78 is 4.84. The molecule has 0 heterocycles. The fraction of sp³-hybridized carbons (Fsp3) is 0.833. The lowest BCUT2D eigenvalue weighted by Gasteiger charge is -2.08. The van der Waals surface area contributed by atoms with Crippen LogP contribution in [-0.2, 0) is 4.74 Å². The van der Waals surface area contributed by atoms with Gasteiger partial charge in [-0.05, 0) is 13.0 Å². The first-order chi connectivity index (χ1) is 4.31. The van der Waals surface area contributed by atoms with Crippen molar-refractivity contribution in [3.8, 4) is 0 Å². The van der Waals surface area contributed by atoms with E-state index in [2.05, 4.69) is 6.92 Å². The highest BCUT2D eigenvalue weighted by atomic mass is 16.6. The van der Waals surface area contributed by atoms with Crippen LogP contribution in [0.4, 0.5) is 0 Å². The Morgan fingerprint density at radius 3 is 2.78 bits per heavy atom. The molecule has 1 atom stereocenters. The maximum atomic E-state index is 8.85. The van der Waals surface area contributed by atoms with Gasteiger partial charge in [-0.1, -0.05) is 6.92 Å². The zero-order valence-electron chi connectivity index (χ0n) is 5.55. The van der Waals surface area contributed by atoms with Crippen LogP contribution < -0.4 is 5.73 Å². The number of ether oxygens (including phenoxy) is 1. The van der Waals surface area contributed by atoms with Crippen molar-refractivity contribution in [3.05, 3.63) is 6.92 Å². The number of rotatable bonds is 5. The van der Waals surface area contributed by atoms with Gasteiger partial charge in [-0.3, -0.25) is 0 Å². The number of aliphatic hydroxyl groups excluding tert-OH is 1. The highest BCUT2D eigenvalue weighted by Crippen LogP contribution is 1.91. The first kappa shape index (κ1) is 8.88. The molecule has 0 saturated carbocycles. The molecule has 3 nitrogen and oxygen atoms in total. The molecule has 0 fully saturated rings. The molecule has 55 valence electrons. The van der Waals surface area contributed by atoms with Crippen LogP contribution in [-0.4, -0.2) is 24.5 Å². The standard InChI is InChI=1S/C6H14NO2/c1-2-5-9-6(8)3-4-7/h6,8H,1-5,7H2. The van der Waals surface area contributed by atoms with Gasteiger partial charge in [0.15, 0.2) is 6.29 Å². The van der Waals surface area contributed by atoms with Gasteiger partial charge in [0.2, 0.25) is 0 Å². The number of aliphatic hydroxyl groups is 1. The van der Waals surface area contributed by atoms with Gasteiger partial charge in [0.1, 0.15) is 0 Å². The first-order valence-electron chi connectivity index (χ1n) is 3.10. The van der Waals surface area contributed by atoms with Crippen LogP contribution in [0.1, 0.15) is 12.8 Å². The fourth-order valence-electron chi connectivity index (χ4n) is 0.445. The van der Waals surface area contributed by atoms with E-state index in [0.717, 1.165) is 0 Å². The number of nitrogens with two attached hydrogens (primary N) is 1. The molecule has 0 rings (SSSR count). The molecule has 0 aromatic heterocycles. The summed E-state index contributed by atoms with van der Waals surface area (Å²) in [5.74, 6) is 0. The normalized spacial score (nSPS) is 13.7. The van der Waals surface area contributed by atoms with Crippen LogP contribution in [0.5, 0.6) is 0 Å². The minimum absolute atomic E-state index is 0.457. The van der Waals surface area contributed by atoms with Crippen molar-refractivity contribution in [1.29, 1.82) is 0 Å². The van der Waals surface area contributed by atoms with Crippen LogP contribution in [0.15, 0.2) is 0 Å². The van der Waals surface area contributed by atoms with Crippen molar-refractivity contribution in [3.63, 3.8) is 0 Å². The molecule has 0 aromatic carbocycles. The lowest BCUT2D eigenvalue weighted by molar-refractivity contribution is -0.0998. The first-order valence-corrected chi connectivity index (χ1v) is 3.10. The molecular formula is C6H14NO2. The summed E-state index contributed by atoms with van der Waals surface area (Å²) in [6.07, 6.45) is 0.485. The van der Waals surface area contributed by atoms with Gasteiger partial charge >= 0.3 is 0 Å². The van der Waals surface area contributed by atoms with Crippen molar-refractivity contribution in [2.24, 2.45) is 5.73 Å². The molecular weight excluding hydrogens is 118 g/mol. The Morgan fingerprint density at radius 2 is 2.33 bits per heavy atom. The average molecular weight is 132 g/mol. The Bertz CT molecular complexity index is 59.0. The topological polar surface area (TPSA) is 55.5 Å². The predicted octanol–water partition coefficient (Wildman–Crippen LogP) is -0.106. The Labute approximate surface area is 55.8 Å². The summed E-state index contributed by atoms with van der Waals surface area (Å²) in [6, 6.07) is 0. The summed E-state index contributed by atoms with van der Waals surface area (Å²) in [4.78, 5) is 0. The minimum atomic E-state index is -0.697. The maximum absolute atomic E-state index is 8.85. The third-order valence-electron chi connectivity index (χ3n) is 0.868. The van der Waals surface area contributed by atoms with Crippen molar-refractivity contribution in [1.82, 2.24) is 0 Å². The van der Waals surface area contributed by atoms with E-state index in [1.165, 1.54) is 0 Å². The summed E-state index contributed by atoms with van der Waals surface area (Å²) in [5.41, 5.74) is 5.15. The monoisotopic (exact) mass is 132 g/mol. The van der Waals surface area contributed by atoms with Crippen LogP contribution in [0.3, 0.4) is 0 Å². The van der Waals surface area contributed by atoms with E-state index in [9.17, 15) is 0 Å². The molecule has 3 N–H and O–H groups in total. The van der Waals surface area contributed by atoms with Gasteiger partial charge in [-0.25, -0.2) is 0 Å². The number of hydrogen-bond acceptors (Lipinski definition) is 3. The van der Waals surface area contributed by atoms with Gasteiger partial charge in [0, 0.05) is 13.0 Å². The van der Waals surface area contributed by atoms with E-state index in [-0.39, 0.29) is 0 Å². The van der Waals surface area contributed by atoms with Crippen LogP contribution in [0.25, 0.3) is 0 Å². The second kappa shape index (κ2) is 6.01. The van der Waals surface area contributed by atoms with E-state index in [4.69, 9.17) is 15.6 Å². The molecule has 1 radical (unpaired) electrons. The van der Waals surface area contributed by atoms with Crippen molar-refractivity contribution in [2.75, 3.05) is 13.2 Å². The molecule has 0 aliphatic rings. The zero-order valence-corrected chi connectivity index (χ0v) is 5.55. The molecule has 0 aromatic rings. The quantitative estimate of drug-likeness (QED) is 0.513. The van der Waals surface area contributed by atoms with E-state index in [0.29, 0.717) is 26.0 Å². The Morgan fingerprint density at radius 1 is 1.67 bits per heavy atom. The van der Waals surface area contributed by atoms with Crippen molar-refractivity contribution >= 4 is 0 Å². The van der Waals surface area contributed by atoms with Crippen LogP contribution in [0.2, 0.25) is 0 Å². The number of hydrogen-bond donors (Lipinski definition) is 2. The second-order valence-corrected chi connectivity index (χ2v) is 1.76. The summed E-state index contributed by atoms with van der Waals surface area (Å²) in [7, 11) is 0. The largest absolute Gasteiger partial charge is 0.368 e. The molecule has 9 heavy (non-hydrogen) atoms. The summed E-state index contributed by atoms with van der Waals surface area (Å²) >= 11 is 0. The smallest absolute Gasteiger partial charge is 0.155 e. The highest BCUT2D eigenvalue weighted by molar-refractivity contribution is 4.43. The lowest BCUT2D eigenvalue weighted by Crippen LogP contribution is -2.17. The highest BCUT2D eigenvalue weighted by Gasteiger charge is 1.99. The summed E-state index contributed by atoms with van der Waals surface area (Å²) in [6.45, 7) is 4.51. The van der Waals surface area contributed by atoms with Crippen molar-refractivity contribution < 1.29 is 9.84 Å². The lowest BCUT2D eigenvalue weighted by atomic mass is 10.4. The van der Waals surface area contributed by atoms with Crippen molar-refractivity contribution in [2.45, 2.75) is 19.1 Å². The Balaban J connectivity index is 2.95. The molecule has 0 aliphatic carbocycles. The minimum Gasteiger partial charge on any atom is -0.368 e. The Hall–Kier alpha value is -0.120. The third-order valence-corrected chi connectivity index (χ3v) is 0.868. The SMILES string of the molecule is [CH2]CCOC(O)CCN. The molecule has 0 saturated heterocycles. The average Bonchev–Trinajstić information content (AvgIpc) is 1.85. The molecule has 0 amide bonds. The predicted molar refractivity (Wildman–Crippen MR) is 35.6 cm³/mol. The molecule has 0 spiro atoms. The fourth-order valence-corrected chi connectivity index (χ4v) is 0.445. The summed E-state index contributed by atoms with van der Waals surface area (Å²) in [5, 5.41) is 8.85. The third kappa shape index (κ3) is 5.76.